The van der Waals surface area contributed by atoms with Crippen molar-refractivity contribution in [2.75, 3.05) is 19.0 Å². The van der Waals surface area contributed by atoms with E-state index in [1.165, 1.54) is 18.2 Å². The molecule has 0 fully saturated rings. The van der Waals surface area contributed by atoms with Gasteiger partial charge in [-0.15, -0.1) is 0 Å². The van der Waals surface area contributed by atoms with Crippen LogP contribution < -0.4 is 20.1 Å². The highest BCUT2D eigenvalue weighted by Gasteiger charge is 2.22. The van der Waals surface area contributed by atoms with Crippen molar-refractivity contribution in [3.05, 3.63) is 53.8 Å². The zero-order valence-electron chi connectivity index (χ0n) is 12.6. The van der Waals surface area contributed by atoms with Gasteiger partial charge in [0.2, 0.25) is 0 Å². The van der Waals surface area contributed by atoms with Gasteiger partial charge in [0, 0.05) is 5.69 Å². The lowest BCUT2D eigenvalue weighted by atomic mass is 10.0. The highest BCUT2D eigenvalue weighted by atomic mass is 19.1. The molecule has 0 saturated carbocycles. The third kappa shape index (κ3) is 3.71. The Morgan fingerprint density at radius 2 is 2.17 bits per heavy atom. The zero-order valence-corrected chi connectivity index (χ0v) is 12.6. The summed E-state index contributed by atoms with van der Waals surface area (Å²) in [6.07, 6.45) is 0.642. The van der Waals surface area contributed by atoms with E-state index < -0.39 is 11.8 Å². The van der Waals surface area contributed by atoms with Crippen molar-refractivity contribution in [2.45, 2.75) is 12.5 Å². The number of urea groups is 1. The summed E-state index contributed by atoms with van der Waals surface area (Å²) in [5.41, 5.74) is 1.38. The average molecular weight is 316 g/mol. The van der Waals surface area contributed by atoms with Crippen molar-refractivity contribution in [1.82, 2.24) is 5.32 Å². The predicted octanol–water partition coefficient (Wildman–Crippen LogP) is 2.96. The van der Waals surface area contributed by atoms with Gasteiger partial charge in [0.05, 0.1) is 13.2 Å². The van der Waals surface area contributed by atoms with Crippen molar-refractivity contribution in [1.29, 1.82) is 0 Å². The van der Waals surface area contributed by atoms with Gasteiger partial charge < -0.3 is 20.1 Å². The second-order valence-corrected chi connectivity index (χ2v) is 5.29. The minimum Gasteiger partial charge on any atom is -0.497 e. The molecule has 1 aliphatic rings. The molecule has 2 N–H and O–H groups in total. The monoisotopic (exact) mass is 316 g/mol. The summed E-state index contributed by atoms with van der Waals surface area (Å²) in [4.78, 5) is 12.0. The molecule has 2 amide bonds. The Labute approximate surface area is 133 Å². The van der Waals surface area contributed by atoms with Crippen molar-refractivity contribution >= 4 is 11.7 Å². The Morgan fingerprint density at radius 3 is 2.96 bits per heavy atom. The molecule has 3 rings (SSSR count). The molecule has 2 aromatic carbocycles. The lowest BCUT2D eigenvalue weighted by Gasteiger charge is -2.26. The van der Waals surface area contributed by atoms with Crippen LogP contribution in [0.4, 0.5) is 14.9 Å². The van der Waals surface area contributed by atoms with E-state index in [1.54, 1.807) is 13.2 Å². The summed E-state index contributed by atoms with van der Waals surface area (Å²) < 4.78 is 24.0. The maximum absolute atomic E-state index is 13.1. The van der Waals surface area contributed by atoms with Crippen LogP contribution in [0.1, 0.15) is 5.56 Å². The van der Waals surface area contributed by atoms with Crippen molar-refractivity contribution in [2.24, 2.45) is 0 Å². The lowest BCUT2D eigenvalue weighted by Crippen LogP contribution is -2.44. The Bertz CT molecular complexity index is 721. The largest absolute Gasteiger partial charge is 0.497 e. The van der Waals surface area contributed by atoms with Gasteiger partial charge in [-0.25, -0.2) is 9.18 Å². The van der Waals surface area contributed by atoms with E-state index in [2.05, 4.69) is 10.6 Å². The normalized spacial score (nSPS) is 16.0. The molecule has 0 unspecified atom stereocenters. The van der Waals surface area contributed by atoms with E-state index in [0.29, 0.717) is 18.7 Å². The molecule has 1 heterocycles. The fraction of sp³-hybridized carbons (Fsp3) is 0.235. The van der Waals surface area contributed by atoms with E-state index in [-0.39, 0.29) is 6.04 Å². The summed E-state index contributed by atoms with van der Waals surface area (Å²) in [5.74, 6) is 1.15. The molecule has 0 aromatic heterocycles. The second-order valence-electron chi connectivity index (χ2n) is 5.29. The molecule has 0 spiro atoms. The molecule has 2 aromatic rings. The van der Waals surface area contributed by atoms with E-state index in [0.717, 1.165) is 17.1 Å². The summed E-state index contributed by atoms with van der Waals surface area (Å²) in [5, 5.41) is 5.43. The number of hydrogen-bond acceptors (Lipinski definition) is 3. The minimum atomic E-state index is -0.398. The van der Waals surface area contributed by atoms with Gasteiger partial charge in [-0.3, -0.25) is 0 Å². The first kappa shape index (κ1) is 15.1. The van der Waals surface area contributed by atoms with Gasteiger partial charge in [0.25, 0.3) is 0 Å². The number of benzene rings is 2. The standard InChI is InChI=1S/C17H17FN2O3/c1-22-15-5-6-16-11(8-15)7-14(10-23-16)20-17(21)19-13-4-2-3-12(18)9-13/h2-6,8-9,14H,7,10H2,1H3,(H2,19,20,21)/t14-/m1/s1. The van der Waals surface area contributed by atoms with E-state index in [9.17, 15) is 9.18 Å². The van der Waals surface area contributed by atoms with Crippen LogP contribution in [0.25, 0.3) is 0 Å². The lowest BCUT2D eigenvalue weighted by molar-refractivity contribution is 0.222. The number of carbonyl (C=O) groups is 1. The first-order valence-electron chi connectivity index (χ1n) is 7.27. The van der Waals surface area contributed by atoms with Crippen LogP contribution >= 0.6 is 0 Å². The van der Waals surface area contributed by atoms with Crippen LogP contribution in [0.3, 0.4) is 0 Å². The first-order valence-corrected chi connectivity index (χ1v) is 7.27. The SMILES string of the molecule is COc1ccc2c(c1)C[C@@H](NC(=O)Nc1cccc(F)c1)CO2. The van der Waals surface area contributed by atoms with Crippen molar-refractivity contribution in [3.8, 4) is 11.5 Å². The third-order valence-corrected chi connectivity index (χ3v) is 3.59. The number of rotatable bonds is 3. The smallest absolute Gasteiger partial charge is 0.319 e. The summed E-state index contributed by atoms with van der Waals surface area (Å²) >= 11 is 0. The zero-order chi connectivity index (χ0) is 16.2. The quantitative estimate of drug-likeness (QED) is 0.915. The van der Waals surface area contributed by atoms with Crippen LogP contribution in [-0.2, 0) is 6.42 Å². The average Bonchev–Trinajstić information content (AvgIpc) is 2.54. The van der Waals surface area contributed by atoms with E-state index in [4.69, 9.17) is 9.47 Å². The molecular formula is C17H17FN2O3. The predicted molar refractivity (Wildman–Crippen MR) is 84.5 cm³/mol. The van der Waals surface area contributed by atoms with Gasteiger partial charge in [0.1, 0.15) is 23.9 Å². The second kappa shape index (κ2) is 6.56. The fourth-order valence-corrected chi connectivity index (χ4v) is 2.51. The maximum atomic E-state index is 13.1. The number of hydrogen-bond donors (Lipinski definition) is 2. The first-order chi connectivity index (χ1) is 11.1. The van der Waals surface area contributed by atoms with E-state index >= 15 is 0 Å². The highest BCUT2D eigenvalue weighted by Crippen LogP contribution is 2.28. The van der Waals surface area contributed by atoms with Crippen molar-refractivity contribution < 1.29 is 18.7 Å². The minimum absolute atomic E-state index is 0.164. The van der Waals surface area contributed by atoms with Crippen LogP contribution in [0.5, 0.6) is 11.5 Å². The molecule has 1 aliphatic heterocycles. The molecule has 120 valence electrons. The molecule has 1 atom stereocenters. The molecule has 6 heteroatoms. The number of nitrogens with one attached hydrogen (secondary N) is 2. The van der Waals surface area contributed by atoms with Crippen LogP contribution in [0.2, 0.25) is 0 Å². The molecule has 0 radical (unpaired) electrons. The molecule has 0 bridgehead atoms. The summed E-state index contributed by atoms with van der Waals surface area (Å²) in [6, 6.07) is 10.8. The van der Waals surface area contributed by atoms with Gasteiger partial charge in [0.15, 0.2) is 0 Å². The number of methoxy groups -OCH3 is 1. The maximum Gasteiger partial charge on any atom is 0.319 e. The van der Waals surface area contributed by atoms with Crippen LogP contribution in [-0.4, -0.2) is 25.8 Å². The Hall–Kier alpha value is -2.76. The number of ether oxygens (including phenoxy) is 2. The topological polar surface area (TPSA) is 59.6 Å². The fourth-order valence-electron chi connectivity index (χ4n) is 2.51. The number of carbonyl (C=O) groups excluding carboxylic acids is 1. The number of amides is 2. The Morgan fingerprint density at radius 1 is 1.30 bits per heavy atom. The molecule has 0 aliphatic carbocycles. The molecule has 0 saturated heterocycles. The van der Waals surface area contributed by atoms with Gasteiger partial charge in [-0.05, 0) is 48.4 Å². The Balaban J connectivity index is 1.61. The van der Waals surface area contributed by atoms with Crippen LogP contribution in [0.15, 0.2) is 42.5 Å². The molecular weight excluding hydrogens is 299 g/mol. The van der Waals surface area contributed by atoms with Gasteiger partial charge >= 0.3 is 6.03 Å². The summed E-state index contributed by atoms with van der Waals surface area (Å²) in [6.45, 7) is 0.385. The number of halogens is 1. The Kier molecular flexibility index (Phi) is 4.32. The van der Waals surface area contributed by atoms with E-state index in [1.807, 2.05) is 18.2 Å². The van der Waals surface area contributed by atoms with Gasteiger partial charge in [-0.2, -0.15) is 0 Å². The van der Waals surface area contributed by atoms with Crippen LogP contribution in [0, 0.1) is 5.82 Å². The number of fused-ring (bicyclic) bond motifs is 1. The van der Waals surface area contributed by atoms with Gasteiger partial charge in [-0.1, -0.05) is 6.07 Å². The molecule has 23 heavy (non-hydrogen) atoms. The molecule has 5 nitrogen and oxygen atoms in total. The highest BCUT2D eigenvalue weighted by molar-refractivity contribution is 5.89. The van der Waals surface area contributed by atoms with Crippen molar-refractivity contribution in [3.63, 3.8) is 0 Å². The third-order valence-electron chi connectivity index (χ3n) is 3.59. The summed E-state index contributed by atoms with van der Waals surface area (Å²) in [7, 11) is 1.60. The number of anilines is 1.